The van der Waals surface area contributed by atoms with Crippen LogP contribution in [0, 0.1) is 0 Å². The first-order chi connectivity index (χ1) is 14.2. The molecule has 0 bridgehead atoms. The molecule has 3 heterocycles. The Labute approximate surface area is 174 Å². The highest BCUT2D eigenvalue weighted by Gasteiger charge is 2.27. The second-order valence-electron chi connectivity index (χ2n) is 7.28. The van der Waals surface area contributed by atoms with E-state index in [-0.39, 0.29) is 11.8 Å². The first-order valence-corrected chi connectivity index (χ1v) is 10.8. The summed E-state index contributed by atoms with van der Waals surface area (Å²) in [5.74, 6) is 1.70. The van der Waals surface area contributed by atoms with Crippen LogP contribution >= 0.6 is 11.3 Å². The van der Waals surface area contributed by atoms with Gasteiger partial charge in [-0.3, -0.25) is 4.90 Å². The number of aromatic nitrogens is 1. The molecule has 1 aromatic carbocycles. The number of phenols is 1. The number of methoxy groups -OCH3 is 2. The average molecular weight is 415 g/mol. The molecule has 1 saturated heterocycles. The van der Waals surface area contributed by atoms with Gasteiger partial charge in [-0.2, -0.15) is 0 Å². The number of rotatable bonds is 6. The maximum absolute atomic E-state index is 10.2. The fourth-order valence-electron chi connectivity index (χ4n) is 3.95. The molecule has 6 nitrogen and oxygen atoms in total. The van der Waals surface area contributed by atoms with E-state index in [1.54, 1.807) is 25.6 Å². The maximum atomic E-state index is 10.2. The summed E-state index contributed by atoms with van der Waals surface area (Å²) >= 11 is 1.65. The molecule has 29 heavy (non-hydrogen) atoms. The van der Waals surface area contributed by atoms with Gasteiger partial charge in [-0.15, -0.1) is 11.3 Å². The van der Waals surface area contributed by atoms with E-state index in [1.807, 2.05) is 23.6 Å². The van der Waals surface area contributed by atoms with Crippen LogP contribution in [-0.2, 0) is 6.54 Å². The SMILES string of the molecule is COc1cc(CN2CCCCC[C@@H]2c2cc(-c3cccs3)on2)cc(OC)c1O. The molecule has 0 amide bonds. The Morgan fingerprint density at radius 3 is 2.66 bits per heavy atom. The van der Waals surface area contributed by atoms with Crippen molar-refractivity contribution in [1.82, 2.24) is 10.1 Å². The summed E-state index contributed by atoms with van der Waals surface area (Å²) in [6, 6.07) is 10.1. The first kappa shape index (κ1) is 19.8. The highest BCUT2D eigenvalue weighted by Crippen LogP contribution is 2.39. The first-order valence-electron chi connectivity index (χ1n) is 9.88. The summed E-state index contributed by atoms with van der Waals surface area (Å²) in [5.41, 5.74) is 2.01. The van der Waals surface area contributed by atoms with Crippen LogP contribution in [0.15, 0.2) is 40.2 Å². The summed E-state index contributed by atoms with van der Waals surface area (Å²) in [4.78, 5) is 3.53. The van der Waals surface area contributed by atoms with Crippen molar-refractivity contribution in [3.63, 3.8) is 0 Å². The summed E-state index contributed by atoms with van der Waals surface area (Å²) in [6.45, 7) is 1.70. The average Bonchev–Trinajstić information content (AvgIpc) is 3.38. The van der Waals surface area contributed by atoms with E-state index < -0.39 is 0 Å². The second-order valence-corrected chi connectivity index (χ2v) is 8.23. The van der Waals surface area contributed by atoms with E-state index in [9.17, 15) is 5.11 Å². The Hall–Kier alpha value is -2.51. The number of benzene rings is 1. The summed E-state index contributed by atoms with van der Waals surface area (Å²) < 4.78 is 16.3. The van der Waals surface area contributed by atoms with E-state index >= 15 is 0 Å². The van der Waals surface area contributed by atoms with E-state index in [0.29, 0.717) is 11.5 Å². The van der Waals surface area contributed by atoms with Crippen molar-refractivity contribution in [3.8, 4) is 27.9 Å². The molecule has 7 heteroatoms. The van der Waals surface area contributed by atoms with Crippen molar-refractivity contribution in [2.75, 3.05) is 20.8 Å². The Bertz CT molecular complexity index is 913. The topological polar surface area (TPSA) is 68.0 Å². The Balaban J connectivity index is 1.61. The Kier molecular flexibility index (Phi) is 6.06. The lowest BCUT2D eigenvalue weighted by Gasteiger charge is -2.28. The van der Waals surface area contributed by atoms with Crippen molar-refractivity contribution < 1.29 is 19.1 Å². The van der Waals surface area contributed by atoms with E-state index in [1.165, 1.54) is 12.8 Å². The number of likely N-dealkylation sites (tertiary alicyclic amines) is 1. The van der Waals surface area contributed by atoms with Crippen molar-refractivity contribution in [1.29, 1.82) is 0 Å². The molecule has 0 aliphatic carbocycles. The molecule has 0 radical (unpaired) electrons. The lowest BCUT2D eigenvalue weighted by Crippen LogP contribution is -2.28. The predicted octanol–water partition coefficient (Wildman–Crippen LogP) is 5.24. The van der Waals surface area contributed by atoms with Gasteiger partial charge in [0.05, 0.1) is 25.1 Å². The molecule has 4 rings (SSSR count). The van der Waals surface area contributed by atoms with Crippen LogP contribution in [0.1, 0.15) is 43.0 Å². The zero-order valence-electron chi connectivity index (χ0n) is 16.8. The van der Waals surface area contributed by atoms with Gasteiger partial charge < -0.3 is 19.1 Å². The fraction of sp³-hybridized carbons (Fsp3) is 0.409. The van der Waals surface area contributed by atoms with Gasteiger partial charge in [-0.05, 0) is 48.5 Å². The van der Waals surface area contributed by atoms with Gasteiger partial charge >= 0.3 is 0 Å². The number of thiophene rings is 1. The maximum Gasteiger partial charge on any atom is 0.200 e. The third-order valence-electron chi connectivity index (χ3n) is 5.42. The van der Waals surface area contributed by atoms with Crippen molar-refractivity contribution in [3.05, 3.63) is 47.0 Å². The van der Waals surface area contributed by atoms with Crippen molar-refractivity contribution in [2.24, 2.45) is 0 Å². The van der Waals surface area contributed by atoms with E-state index in [4.69, 9.17) is 14.0 Å². The summed E-state index contributed by atoms with van der Waals surface area (Å²) in [6.07, 6.45) is 4.58. The minimum Gasteiger partial charge on any atom is -0.502 e. The highest BCUT2D eigenvalue weighted by molar-refractivity contribution is 7.13. The molecule has 3 aromatic rings. The molecule has 1 N–H and O–H groups in total. The smallest absolute Gasteiger partial charge is 0.200 e. The van der Waals surface area contributed by atoms with Crippen LogP contribution in [0.4, 0.5) is 0 Å². The Morgan fingerprint density at radius 1 is 1.17 bits per heavy atom. The van der Waals surface area contributed by atoms with Crippen LogP contribution in [0.25, 0.3) is 10.6 Å². The quantitative estimate of drug-likeness (QED) is 0.595. The van der Waals surface area contributed by atoms with Crippen LogP contribution in [0.3, 0.4) is 0 Å². The van der Waals surface area contributed by atoms with Crippen molar-refractivity contribution in [2.45, 2.75) is 38.3 Å². The van der Waals surface area contributed by atoms with Gasteiger partial charge in [0.15, 0.2) is 17.3 Å². The standard InChI is InChI=1S/C22H26N2O4S/c1-26-19-11-15(12-20(27-2)22(19)25)14-24-9-5-3-4-7-17(24)16-13-18(28-23-16)21-8-6-10-29-21/h6,8,10-13,17,25H,3-5,7,9,14H2,1-2H3/t17-/m1/s1. The minimum atomic E-state index is 0.0308. The highest BCUT2D eigenvalue weighted by atomic mass is 32.1. The third kappa shape index (κ3) is 4.26. The number of nitrogens with zero attached hydrogens (tertiary/aromatic N) is 2. The van der Waals surface area contributed by atoms with Gasteiger partial charge in [0.25, 0.3) is 0 Å². The van der Waals surface area contributed by atoms with Crippen LogP contribution in [0.5, 0.6) is 17.2 Å². The molecule has 1 fully saturated rings. The van der Waals surface area contributed by atoms with Gasteiger partial charge in [0.2, 0.25) is 5.75 Å². The molecular weight excluding hydrogens is 388 g/mol. The lowest BCUT2D eigenvalue weighted by atomic mass is 10.0. The molecule has 0 saturated carbocycles. The lowest BCUT2D eigenvalue weighted by molar-refractivity contribution is 0.183. The molecule has 1 atom stereocenters. The molecular formula is C22H26N2O4S. The van der Waals surface area contributed by atoms with Crippen LogP contribution in [0.2, 0.25) is 0 Å². The number of hydrogen-bond acceptors (Lipinski definition) is 7. The largest absolute Gasteiger partial charge is 0.502 e. The van der Waals surface area contributed by atoms with Gasteiger partial charge in [-0.1, -0.05) is 24.1 Å². The zero-order chi connectivity index (χ0) is 20.2. The predicted molar refractivity (Wildman–Crippen MR) is 113 cm³/mol. The summed E-state index contributed by atoms with van der Waals surface area (Å²) in [7, 11) is 3.10. The van der Waals surface area contributed by atoms with E-state index in [0.717, 1.165) is 47.8 Å². The monoisotopic (exact) mass is 414 g/mol. The summed E-state index contributed by atoms with van der Waals surface area (Å²) in [5, 5.41) is 16.7. The molecule has 2 aromatic heterocycles. The number of phenolic OH excluding ortho intramolecular Hbond substituents is 1. The second kappa shape index (κ2) is 8.88. The van der Waals surface area contributed by atoms with Crippen molar-refractivity contribution >= 4 is 11.3 Å². The van der Waals surface area contributed by atoms with Gasteiger partial charge in [0, 0.05) is 12.6 Å². The van der Waals surface area contributed by atoms with Gasteiger partial charge in [0.1, 0.15) is 5.69 Å². The number of hydrogen-bond donors (Lipinski definition) is 1. The van der Waals surface area contributed by atoms with E-state index in [2.05, 4.69) is 22.2 Å². The Morgan fingerprint density at radius 2 is 1.97 bits per heavy atom. The minimum absolute atomic E-state index is 0.0308. The molecule has 154 valence electrons. The normalized spacial score (nSPS) is 17.8. The third-order valence-corrected chi connectivity index (χ3v) is 6.31. The zero-order valence-corrected chi connectivity index (χ0v) is 17.6. The molecule has 1 aliphatic heterocycles. The fourth-order valence-corrected chi connectivity index (χ4v) is 4.62. The molecule has 0 spiro atoms. The number of aromatic hydroxyl groups is 1. The van der Waals surface area contributed by atoms with Gasteiger partial charge in [-0.25, -0.2) is 0 Å². The molecule has 1 aliphatic rings. The molecule has 0 unspecified atom stereocenters. The van der Waals surface area contributed by atoms with Crippen LogP contribution in [-0.4, -0.2) is 35.9 Å². The number of ether oxygens (including phenoxy) is 2. The van der Waals surface area contributed by atoms with Crippen LogP contribution < -0.4 is 9.47 Å².